The van der Waals surface area contributed by atoms with Crippen molar-refractivity contribution in [1.82, 2.24) is 10.0 Å². The standard InChI is InChI=1S/C28H32N2O7S/c31-26-19-25(38(34,35)36)28(33)30(26)37-27(32)18-8-6-4-2-1-3-5-7-13-20-21-14-9-11-16-23(21)29-24-17-12-10-15-22(20)24/h9-12,14-17,25H,1-8,13,18-19H2,(H,34,35,36)/t25-/m1/s1. The van der Waals surface area contributed by atoms with Crippen molar-refractivity contribution in [2.24, 2.45) is 0 Å². The zero-order valence-electron chi connectivity index (χ0n) is 21.2. The fourth-order valence-corrected chi connectivity index (χ4v) is 5.59. The fraction of sp³-hybridized carbons (Fsp3) is 0.429. The number of unbranched alkanes of at least 4 members (excludes halogenated alkanes) is 7. The first-order valence-corrected chi connectivity index (χ1v) is 14.6. The molecule has 1 atom stereocenters. The van der Waals surface area contributed by atoms with Gasteiger partial charge < -0.3 is 4.84 Å². The van der Waals surface area contributed by atoms with Crippen LogP contribution in [0.3, 0.4) is 0 Å². The van der Waals surface area contributed by atoms with Crippen molar-refractivity contribution in [3.8, 4) is 0 Å². The summed E-state index contributed by atoms with van der Waals surface area (Å²) in [6, 6.07) is 16.6. The van der Waals surface area contributed by atoms with Gasteiger partial charge in [0.2, 0.25) is 0 Å². The number of nitrogens with zero attached hydrogens (tertiary/aromatic N) is 2. The number of carbonyl (C=O) groups excluding carboxylic acids is 3. The summed E-state index contributed by atoms with van der Waals surface area (Å²) in [6.07, 6.45) is 8.14. The zero-order valence-corrected chi connectivity index (χ0v) is 22.0. The second-order valence-corrected chi connectivity index (χ2v) is 11.2. The van der Waals surface area contributed by atoms with Gasteiger partial charge in [-0.25, -0.2) is 9.78 Å². The van der Waals surface area contributed by atoms with Gasteiger partial charge in [0.1, 0.15) is 0 Å². The van der Waals surface area contributed by atoms with Gasteiger partial charge >= 0.3 is 5.97 Å². The van der Waals surface area contributed by atoms with Crippen LogP contribution in [-0.2, 0) is 35.8 Å². The van der Waals surface area contributed by atoms with Crippen molar-refractivity contribution in [3.63, 3.8) is 0 Å². The van der Waals surface area contributed by atoms with Crippen LogP contribution in [0.5, 0.6) is 0 Å². The molecule has 2 heterocycles. The van der Waals surface area contributed by atoms with Crippen molar-refractivity contribution in [3.05, 3.63) is 54.1 Å². The molecule has 10 heteroatoms. The number of pyridine rings is 1. The van der Waals surface area contributed by atoms with Gasteiger partial charge in [-0.1, -0.05) is 74.9 Å². The maximum absolute atomic E-state index is 11.9. The third-order valence-electron chi connectivity index (χ3n) is 6.87. The number of hydroxylamine groups is 2. The van der Waals surface area contributed by atoms with E-state index in [1.54, 1.807) is 0 Å². The van der Waals surface area contributed by atoms with Crippen LogP contribution in [0, 0.1) is 0 Å². The highest BCUT2D eigenvalue weighted by molar-refractivity contribution is 7.87. The second-order valence-electron chi connectivity index (χ2n) is 9.65. The molecule has 0 aliphatic carbocycles. The van der Waals surface area contributed by atoms with E-state index in [9.17, 15) is 22.8 Å². The Morgan fingerprint density at radius 1 is 0.868 bits per heavy atom. The molecule has 2 amide bonds. The maximum atomic E-state index is 11.9. The van der Waals surface area contributed by atoms with E-state index in [1.165, 1.54) is 16.3 Å². The number of carbonyl (C=O) groups is 3. The molecule has 0 unspecified atom stereocenters. The summed E-state index contributed by atoms with van der Waals surface area (Å²) in [4.78, 5) is 45.1. The minimum Gasteiger partial charge on any atom is -0.330 e. The Morgan fingerprint density at radius 3 is 1.95 bits per heavy atom. The summed E-state index contributed by atoms with van der Waals surface area (Å²) < 4.78 is 31.3. The molecule has 4 rings (SSSR count). The molecule has 202 valence electrons. The molecule has 0 saturated carbocycles. The van der Waals surface area contributed by atoms with Crippen LogP contribution < -0.4 is 0 Å². The van der Waals surface area contributed by atoms with Gasteiger partial charge in [0.05, 0.1) is 17.5 Å². The summed E-state index contributed by atoms with van der Waals surface area (Å²) in [7, 11) is -4.73. The van der Waals surface area contributed by atoms with E-state index >= 15 is 0 Å². The number of fused-ring (bicyclic) bond motifs is 2. The summed E-state index contributed by atoms with van der Waals surface area (Å²) in [5.41, 5.74) is 3.43. The number of para-hydroxylation sites is 2. The topological polar surface area (TPSA) is 131 Å². The van der Waals surface area contributed by atoms with Crippen LogP contribution in [0.2, 0.25) is 0 Å². The van der Waals surface area contributed by atoms with Crippen molar-refractivity contribution >= 4 is 49.7 Å². The number of aryl methyl sites for hydroxylation is 1. The minimum atomic E-state index is -4.73. The molecule has 1 aliphatic heterocycles. The molecule has 0 radical (unpaired) electrons. The van der Waals surface area contributed by atoms with E-state index in [-0.39, 0.29) is 11.5 Å². The molecule has 0 spiro atoms. The second kappa shape index (κ2) is 12.4. The van der Waals surface area contributed by atoms with E-state index in [2.05, 4.69) is 36.4 Å². The summed E-state index contributed by atoms with van der Waals surface area (Å²) >= 11 is 0. The molecule has 1 N–H and O–H groups in total. The molecule has 0 bridgehead atoms. The molecular weight excluding hydrogens is 508 g/mol. The monoisotopic (exact) mass is 540 g/mol. The van der Waals surface area contributed by atoms with Gasteiger partial charge in [0.25, 0.3) is 21.9 Å². The predicted molar refractivity (Wildman–Crippen MR) is 142 cm³/mol. The van der Waals surface area contributed by atoms with Gasteiger partial charge in [-0.2, -0.15) is 8.42 Å². The number of aromatic nitrogens is 1. The summed E-state index contributed by atoms with van der Waals surface area (Å²) in [6.45, 7) is 0. The van der Waals surface area contributed by atoms with Crippen molar-refractivity contribution in [1.29, 1.82) is 0 Å². The lowest BCUT2D eigenvalue weighted by Crippen LogP contribution is -2.36. The molecule has 1 fully saturated rings. The smallest absolute Gasteiger partial charge is 0.330 e. The van der Waals surface area contributed by atoms with Gasteiger partial charge in [0.15, 0.2) is 5.25 Å². The van der Waals surface area contributed by atoms with E-state index in [4.69, 9.17) is 14.4 Å². The lowest BCUT2D eigenvalue weighted by Gasteiger charge is -2.13. The van der Waals surface area contributed by atoms with E-state index in [0.717, 1.165) is 62.4 Å². The first-order chi connectivity index (χ1) is 18.3. The largest absolute Gasteiger partial charge is 0.333 e. The SMILES string of the molecule is O=C(CCCCCCCCCCc1c2ccccc2nc2ccccc12)ON1C(=O)C[C@@H](S(=O)(=O)O)C1=O. The molecule has 9 nitrogen and oxygen atoms in total. The Morgan fingerprint density at radius 2 is 1.39 bits per heavy atom. The Hall–Kier alpha value is -3.37. The van der Waals surface area contributed by atoms with E-state index in [0.29, 0.717) is 6.42 Å². The third-order valence-corrected chi connectivity index (χ3v) is 7.96. The van der Waals surface area contributed by atoms with Gasteiger partial charge in [0, 0.05) is 17.2 Å². The normalized spacial score (nSPS) is 16.0. The van der Waals surface area contributed by atoms with Crippen LogP contribution in [0.15, 0.2) is 48.5 Å². The number of amides is 2. The molecule has 1 saturated heterocycles. The fourth-order valence-electron chi connectivity index (χ4n) is 4.89. The Bertz CT molecular complexity index is 1380. The Labute approximate surface area is 221 Å². The van der Waals surface area contributed by atoms with Crippen molar-refractivity contribution in [2.45, 2.75) is 75.9 Å². The highest BCUT2D eigenvalue weighted by Crippen LogP contribution is 2.27. The Kier molecular flexibility index (Phi) is 9.06. The minimum absolute atomic E-state index is 0.0153. The lowest BCUT2D eigenvalue weighted by atomic mass is 9.97. The molecule has 3 aromatic rings. The molecule has 1 aromatic heterocycles. The predicted octanol–water partition coefficient (Wildman–Crippen LogP) is 4.91. The van der Waals surface area contributed by atoms with Crippen LogP contribution >= 0.6 is 0 Å². The number of hydrogen-bond donors (Lipinski definition) is 1. The maximum Gasteiger partial charge on any atom is 0.333 e. The van der Waals surface area contributed by atoms with E-state index < -0.39 is 39.6 Å². The van der Waals surface area contributed by atoms with Gasteiger partial charge in [-0.15, -0.1) is 5.06 Å². The van der Waals surface area contributed by atoms with Gasteiger partial charge in [-0.3, -0.25) is 14.1 Å². The van der Waals surface area contributed by atoms with Crippen molar-refractivity contribution in [2.75, 3.05) is 0 Å². The lowest BCUT2D eigenvalue weighted by molar-refractivity contribution is -0.197. The number of hydrogen-bond acceptors (Lipinski definition) is 7. The van der Waals surface area contributed by atoms with Crippen LogP contribution in [0.4, 0.5) is 0 Å². The number of rotatable bonds is 13. The van der Waals surface area contributed by atoms with Crippen LogP contribution in [0.1, 0.15) is 69.8 Å². The molecule has 1 aliphatic rings. The van der Waals surface area contributed by atoms with Gasteiger partial charge in [-0.05, 0) is 37.0 Å². The van der Waals surface area contributed by atoms with Crippen LogP contribution in [-0.4, -0.2) is 46.1 Å². The Balaban J connectivity index is 1.10. The zero-order chi connectivity index (χ0) is 27.1. The van der Waals surface area contributed by atoms with E-state index in [1.807, 2.05) is 12.1 Å². The average Bonchev–Trinajstić information content (AvgIpc) is 3.18. The number of imide groups is 1. The summed E-state index contributed by atoms with van der Waals surface area (Å²) in [5, 5.41) is 0.687. The molecule has 2 aromatic carbocycles. The van der Waals surface area contributed by atoms with Crippen molar-refractivity contribution < 1.29 is 32.2 Å². The summed E-state index contributed by atoms with van der Waals surface area (Å²) in [5.74, 6) is -2.98. The third kappa shape index (κ3) is 6.73. The highest BCUT2D eigenvalue weighted by Gasteiger charge is 2.48. The quantitative estimate of drug-likeness (QED) is 0.140. The number of benzene rings is 2. The first-order valence-electron chi connectivity index (χ1n) is 13.1. The first kappa shape index (κ1) is 27.7. The molecule has 38 heavy (non-hydrogen) atoms. The average molecular weight is 541 g/mol. The molecular formula is C28H32N2O7S. The highest BCUT2D eigenvalue weighted by atomic mass is 32.2. The van der Waals surface area contributed by atoms with Crippen LogP contribution in [0.25, 0.3) is 21.8 Å².